The van der Waals surface area contributed by atoms with Crippen molar-refractivity contribution in [1.82, 2.24) is 0 Å². The van der Waals surface area contributed by atoms with Gasteiger partial charge in [-0.1, -0.05) is 24.3 Å². The highest BCUT2D eigenvalue weighted by Crippen LogP contribution is 2.44. The van der Waals surface area contributed by atoms with E-state index in [1.165, 1.54) is 5.56 Å². The third-order valence-corrected chi connectivity index (χ3v) is 3.31. The summed E-state index contributed by atoms with van der Waals surface area (Å²) in [6.45, 7) is 1.37. The van der Waals surface area contributed by atoms with Crippen molar-refractivity contribution in [3.8, 4) is 0 Å². The summed E-state index contributed by atoms with van der Waals surface area (Å²) in [6, 6.07) is 8.31. The smallest absolute Gasteiger partial charge is 0.195 e. The van der Waals surface area contributed by atoms with E-state index in [-0.39, 0.29) is 6.04 Å². The van der Waals surface area contributed by atoms with E-state index in [0.29, 0.717) is 13.2 Å². The van der Waals surface area contributed by atoms with Gasteiger partial charge in [0.1, 0.15) is 0 Å². The molecule has 0 amide bonds. The second-order valence-electron chi connectivity index (χ2n) is 4.18. The quantitative estimate of drug-likeness (QED) is 0.700. The molecule has 3 heteroatoms. The van der Waals surface area contributed by atoms with Gasteiger partial charge < -0.3 is 15.2 Å². The second kappa shape index (κ2) is 3.30. The zero-order valence-corrected chi connectivity index (χ0v) is 8.61. The Morgan fingerprint density at radius 2 is 1.93 bits per heavy atom. The minimum Gasteiger partial charge on any atom is -0.343 e. The molecule has 0 unspecified atom stereocenters. The fraction of sp³-hybridized carbons (Fsp3) is 0.500. The first-order valence-electron chi connectivity index (χ1n) is 5.45. The molecule has 1 atom stereocenters. The normalized spacial score (nSPS) is 27.9. The lowest BCUT2D eigenvalue weighted by molar-refractivity contribution is -0.177. The highest BCUT2D eigenvalue weighted by molar-refractivity contribution is 5.36. The van der Waals surface area contributed by atoms with E-state index in [0.717, 1.165) is 18.4 Å². The van der Waals surface area contributed by atoms with Crippen molar-refractivity contribution in [3.05, 3.63) is 35.4 Å². The van der Waals surface area contributed by atoms with Crippen molar-refractivity contribution in [2.45, 2.75) is 24.7 Å². The van der Waals surface area contributed by atoms with Crippen LogP contribution in [0.1, 0.15) is 30.0 Å². The molecule has 3 rings (SSSR count). The van der Waals surface area contributed by atoms with Crippen molar-refractivity contribution in [2.24, 2.45) is 5.73 Å². The van der Waals surface area contributed by atoms with Crippen LogP contribution >= 0.6 is 0 Å². The summed E-state index contributed by atoms with van der Waals surface area (Å²) in [5.41, 5.74) is 8.38. The predicted molar refractivity (Wildman–Crippen MR) is 56.2 cm³/mol. The molecule has 1 aromatic rings. The van der Waals surface area contributed by atoms with Gasteiger partial charge in [0, 0.05) is 18.0 Å². The van der Waals surface area contributed by atoms with E-state index in [1.807, 2.05) is 12.1 Å². The van der Waals surface area contributed by atoms with Crippen LogP contribution in [0.2, 0.25) is 0 Å². The maximum Gasteiger partial charge on any atom is 0.195 e. The molecule has 0 bridgehead atoms. The molecule has 2 aliphatic rings. The Kier molecular flexibility index (Phi) is 2.06. The minimum absolute atomic E-state index is 0.125. The Morgan fingerprint density at radius 1 is 1.20 bits per heavy atom. The van der Waals surface area contributed by atoms with Crippen LogP contribution in [0.4, 0.5) is 0 Å². The number of hydrogen-bond donors (Lipinski definition) is 1. The highest BCUT2D eigenvalue weighted by Gasteiger charge is 2.43. The van der Waals surface area contributed by atoms with E-state index in [4.69, 9.17) is 15.2 Å². The predicted octanol–water partition coefficient (Wildman–Crippen LogP) is 1.68. The number of hydrogen-bond acceptors (Lipinski definition) is 3. The molecule has 1 heterocycles. The van der Waals surface area contributed by atoms with E-state index in [1.54, 1.807) is 0 Å². The fourth-order valence-electron chi connectivity index (χ4n) is 2.56. The summed E-state index contributed by atoms with van der Waals surface area (Å²) in [4.78, 5) is 0. The summed E-state index contributed by atoms with van der Waals surface area (Å²) in [6.07, 6.45) is 1.79. The Labute approximate surface area is 89.2 Å². The molecular formula is C12H15NO2. The lowest BCUT2D eigenvalue weighted by atomic mass is 9.83. The molecule has 80 valence electrons. The van der Waals surface area contributed by atoms with Crippen molar-refractivity contribution < 1.29 is 9.47 Å². The molecule has 15 heavy (non-hydrogen) atoms. The fourth-order valence-corrected chi connectivity index (χ4v) is 2.56. The molecule has 1 aromatic carbocycles. The molecule has 1 aliphatic heterocycles. The standard InChI is InChI=1S/C12H15NO2/c13-11-5-6-12(14-7-8-15-12)10-4-2-1-3-9(10)11/h1-4,11H,5-8,13H2/t11-/m1/s1. The average molecular weight is 205 g/mol. The summed E-state index contributed by atoms with van der Waals surface area (Å²) < 4.78 is 11.6. The van der Waals surface area contributed by atoms with Gasteiger partial charge in [-0.3, -0.25) is 0 Å². The molecular weight excluding hydrogens is 190 g/mol. The summed E-state index contributed by atoms with van der Waals surface area (Å²) in [5, 5.41) is 0. The van der Waals surface area contributed by atoms with Crippen molar-refractivity contribution in [1.29, 1.82) is 0 Å². The zero-order chi connectivity index (χ0) is 10.3. The molecule has 1 spiro atoms. The Bertz CT molecular complexity index is 372. The Morgan fingerprint density at radius 3 is 2.73 bits per heavy atom. The van der Waals surface area contributed by atoms with Gasteiger partial charge in [0.25, 0.3) is 0 Å². The van der Waals surface area contributed by atoms with Gasteiger partial charge in [0.2, 0.25) is 0 Å². The molecule has 2 N–H and O–H groups in total. The van der Waals surface area contributed by atoms with E-state index in [2.05, 4.69) is 12.1 Å². The lowest BCUT2D eigenvalue weighted by Crippen LogP contribution is -2.35. The van der Waals surface area contributed by atoms with Crippen LogP contribution in [0.25, 0.3) is 0 Å². The third-order valence-electron chi connectivity index (χ3n) is 3.31. The summed E-state index contributed by atoms with van der Waals surface area (Å²) >= 11 is 0. The van der Waals surface area contributed by atoms with Gasteiger partial charge in [0.05, 0.1) is 13.2 Å². The molecule has 1 saturated heterocycles. The largest absolute Gasteiger partial charge is 0.343 e. The van der Waals surface area contributed by atoms with Crippen molar-refractivity contribution >= 4 is 0 Å². The van der Waals surface area contributed by atoms with Crippen LogP contribution in [0.3, 0.4) is 0 Å². The summed E-state index contributed by atoms with van der Waals surface area (Å²) in [5.74, 6) is -0.494. The number of fused-ring (bicyclic) bond motifs is 2. The molecule has 1 fully saturated rings. The number of ether oxygens (including phenoxy) is 2. The Balaban J connectivity index is 2.11. The van der Waals surface area contributed by atoms with Crippen LogP contribution in [-0.2, 0) is 15.3 Å². The minimum atomic E-state index is -0.494. The molecule has 0 radical (unpaired) electrons. The topological polar surface area (TPSA) is 44.5 Å². The number of benzene rings is 1. The molecule has 1 aliphatic carbocycles. The maximum absolute atomic E-state index is 6.09. The summed E-state index contributed by atoms with van der Waals surface area (Å²) in [7, 11) is 0. The first-order chi connectivity index (χ1) is 7.32. The van der Waals surface area contributed by atoms with Gasteiger partial charge in [-0.25, -0.2) is 0 Å². The van der Waals surface area contributed by atoms with Crippen LogP contribution in [-0.4, -0.2) is 13.2 Å². The molecule has 0 saturated carbocycles. The monoisotopic (exact) mass is 205 g/mol. The van der Waals surface area contributed by atoms with Gasteiger partial charge in [-0.15, -0.1) is 0 Å². The van der Waals surface area contributed by atoms with Crippen LogP contribution in [0.15, 0.2) is 24.3 Å². The molecule has 3 nitrogen and oxygen atoms in total. The van der Waals surface area contributed by atoms with Gasteiger partial charge >= 0.3 is 0 Å². The highest BCUT2D eigenvalue weighted by atomic mass is 16.7. The van der Waals surface area contributed by atoms with Crippen LogP contribution < -0.4 is 5.73 Å². The third kappa shape index (κ3) is 1.31. The first-order valence-corrected chi connectivity index (χ1v) is 5.45. The Hall–Kier alpha value is -0.900. The van der Waals surface area contributed by atoms with Crippen LogP contribution in [0, 0.1) is 0 Å². The second-order valence-corrected chi connectivity index (χ2v) is 4.18. The number of nitrogens with two attached hydrogens (primary N) is 1. The number of rotatable bonds is 0. The van der Waals surface area contributed by atoms with Gasteiger partial charge in [-0.05, 0) is 12.0 Å². The zero-order valence-electron chi connectivity index (χ0n) is 8.61. The van der Waals surface area contributed by atoms with Crippen molar-refractivity contribution in [2.75, 3.05) is 13.2 Å². The first kappa shape index (κ1) is 9.33. The lowest BCUT2D eigenvalue weighted by Gasteiger charge is -2.36. The van der Waals surface area contributed by atoms with E-state index >= 15 is 0 Å². The van der Waals surface area contributed by atoms with E-state index in [9.17, 15) is 0 Å². The van der Waals surface area contributed by atoms with E-state index < -0.39 is 5.79 Å². The SMILES string of the molecule is N[C@@H]1CCC2(OCCO2)c2ccccc21. The average Bonchev–Trinajstić information content (AvgIpc) is 2.74. The van der Waals surface area contributed by atoms with Crippen LogP contribution in [0.5, 0.6) is 0 Å². The molecule has 0 aromatic heterocycles. The van der Waals surface area contributed by atoms with Gasteiger partial charge in [0.15, 0.2) is 5.79 Å². The van der Waals surface area contributed by atoms with Gasteiger partial charge in [-0.2, -0.15) is 0 Å². The van der Waals surface area contributed by atoms with Crippen molar-refractivity contribution in [3.63, 3.8) is 0 Å². The maximum atomic E-state index is 6.09.